The molecule has 1 atom stereocenters. The van der Waals surface area contributed by atoms with E-state index in [1.807, 2.05) is 0 Å². The number of rotatable bonds is 6. The minimum absolute atomic E-state index is 0.0482. The average Bonchev–Trinajstić information content (AvgIpc) is 2.23. The number of nitrogens with one attached hydrogen (secondary N) is 1. The van der Waals surface area contributed by atoms with E-state index in [0.29, 0.717) is 0 Å². The van der Waals surface area contributed by atoms with E-state index in [1.54, 1.807) is 6.92 Å². The van der Waals surface area contributed by atoms with Crippen molar-refractivity contribution in [1.29, 1.82) is 0 Å². The van der Waals surface area contributed by atoms with Crippen LogP contribution in [0.5, 0.6) is 0 Å². The van der Waals surface area contributed by atoms with Crippen molar-refractivity contribution in [1.82, 2.24) is 9.62 Å². The predicted molar refractivity (Wildman–Crippen MR) is 58.7 cm³/mol. The van der Waals surface area contributed by atoms with Crippen LogP contribution in [0.4, 0.5) is 0 Å². The lowest BCUT2D eigenvalue weighted by atomic mass is 10.5. The Morgan fingerprint density at radius 1 is 1.53 bits per heavy atom. The summed E-state index contributed by atoms with van der Waals surface area (Å²) in [4.78, 5) is 11.1. The summed E-state index contributed by atoms with van der Waals surface area (Å²) in [5.41, 5.74) is 5.31. The molecule has 90 valence electrons. The van der Waals surface area contributed by atoms with Crippen LogP contribution < -0.4 is 11.1 Å². The van der Waals surface area contributed by atoms with Gasteiger partial charge in [-0.25, -0.2) is 8.42 Å². The third kappa shape index (κ3) is 3.77. The van der Waals surface area contributed by atoms with E-state index in [0.717, 1.165) is 4.31 Å². The van der Waals surface area contributed by atoms with Crippen LogP contribution in [-0.4, -0.2) is 50.6 Å². The Bertz CT molecular complexity index is 302. The van der Waals surface area contributed by atoms with Crippen LogP contribution in [0.2, 0.25) is 0 Å². The lowest BCUT2D eigenvalue weighted by Gasteiger charge is -2.22. The van der Waals surface area contributed by atoms with Crippen LogP contribution in [0.3, 0.4) is 0 Å². The molecule has 0 heterocycles. The second kappa shape index (κ2) is 6.04. The molecule has 6 nitrogen and oxygen atoms in total. The Kier molecular flexibility index (Phi) is 5.77. The van der Waals surface area contributed by atoms with Gasteiger partial charge >= 0.3 is 0 Å². The normalized spacial score (nSPS) is 13.9. The lowest BCUT2D eigenvalue weighted by Crippen LogP contribution is -2.45. The Labute approximate surface area is 90.9 Å². The van der Waals surface area contributed by atoms with E-state index >= 15 is 0 Å². The number of carbonyl (C=O) groups excluding carboxylic acids is 1. The third-order valence-electron chi connectivity index (χ3n) is 2.15. The fourth-order valence-corrected chi connectivity index (χ4v) is 2.41. The summed E-state index contributed by atoms with van der Waals surface area (Å²) < 4.78 is 24.7. The molecule has 0 saturated carbocycles. The lowest BCUT2D eigenvalue weighted by molar-refractivity contribution is -0.120. The van der Waals surface area contributed by atoms with Crippen molar-refractivity contribution in [3.63, 3.8) is 0 Å². The number of nitrogens with two attached hydrogens (primary N) is 1. The summed E-state index contributed by atoms with van der Waals surface area (Å²) in [7, 11) is -1.99. The molecule has 0 aliphatic carbocycles. The van der Waals surface area contributed by atoms with Crippen molar-refractivity contribution < 1.29 is 13.2 Å². The number of carbonyl (C=O) groups is 1. The Balaban J connectivity index is 4.74. The van der Waals surface area contributed by atoms with E-state index in [-0.39, 0.29) is 25.5 Å². The predicted octanol–water partition coefficient (Wildman–Crippen LogP) is -1.27. The second-order valence-corrected chi connectivity index (χ2v) is 5.54. The standard InChI is InChI=1S/C8H19N3O3S/c1-4-11(6-8(12)10-3)15(13,14)7(2)5-9/h7H,4-6,9H2,1-3H3,(H,10,12). The molecule has 1 unspecified atom stereocenters. The molecule has 3 N–H and O–H groups in total. The maximum atomic E-state index is 11.8. The Hall–Kier alpha value is -0.660. The first-order valence-corrected chi connectivity index (χ1v) is 6.30. The van der Waals surface area contributed by atoms with Gasteiger partial charge in [-0.1, -0.05) is 6.92 Å². The highest BCUT2D eigenvalue weighted by molar-refractivity contribution is 7.89. The van der Waals surface area contributed by atoms with E-state index in [9.17, 15) is 13.2 Å². The summed E-state index contributed by atoms with van der Waals surface area (Å²) in [6.45, 7) is 3.37. The van der Waals surface area contributed by atoms with Gasteiger partial charge in [0.05, 0.1) is 11.8 Å². The van der Waals surface area contributed by atoms with Gasteiger partial charge in [-0.05, 0) is 6.92 Å². The molecule has 0 aromatic heterocycles. The minimum atomic E-state index is -3.46. The molecule has 0 saturated heterocycles. The number of sulfonamides is 1. The van der Waals surface area contributed by atoms with Gasteiger partial charge in [0.25, 0.3) is 0 Å². The van der Waals surface area contributed by atoms with Crippen LogP contribution in [-0.2, 0) is 14.8 Å². The van der Waals surface area contributed by atoms with Crippen LogP contribution in [0.25, 0.3) is 0 Å². The van der Waals surface area contributed by atoms with Gasteiger partial charge in [-0.3, -0.25) is 4.79 Å². The Morgan fingerprint density at radius 3 is 2.40 bits per heavy atom. The molecule has 15 heavy (non-hydrogen) atoms. The molecule has 0 bridgehead atoms. The fraction of sp³-hybridized carbons (Fsp3) is 0.875. The molecule has 0 aromatic rings. The zero-order valence-electron chi connectivity index (χ0n) is 9.36. The summed E-state index contributed by atoms with van der Waals surface area (Å²) in [6, 6.07) is 0. The monoisotopic (exact) mass is 237 g/mol. The first-order valence-electron chi connectivity index (χ1n) is 4.79. The number of nitrogens with zero attached hydrogens (tertiary/aromatic N) is 1. The SMILES string of the molecule is CCN(CC(=O)NC)S(=O)(=O)C(C)CN. The molecule has 0 aliphatic rings. The zero-order valence-corrected chi connectivity index (χ0v) is 10.2. The second-order valence-electron chi connectivity index (χ2n) is 3.19. The number of amides is 1. The van der Waals surface area contributed by atoms with Gasteiger partial charge in [0.15, 0.2) is 0 Å². The maximum absolute atomic E-state index is 11.8. The number of likely N-dealkylation sites (N-methyl/N-ethyl adjacent to an activating group) is 2. The van der Waals surface area contributed by atoms with Gasteiger partial charge in [-0.2, -0.15) is 4.31 Å². The third-order valence-corrected chi connectivity index (χ3v) is 4.47. The van der Waals surface area contributed by atoms with Crippen molar-refractivity contribution in [2.24, 2.45) is 5.73 Å². The molecule has 0 aromatic carbocycles. The van der Waals surface area contributed by atoms with Crippen molar-refractivity contribution in [2.45, 2.75) is 19.1 Å². The van der Waals surface area contributed by atoms with Gasteiger partial charge < -0.3 is 11.1 Å². The fourth-order valence-electron chi connectivity index (χ4n) is 0.997. The molecule has 0 fully saturated rings. The highest BCUT2D eigenvalue weighted by atomic mass is 32.2. The topological polar surface area (TPSA) is 92.5 Å². The quantitative estimate of drug-likeness (QED) is 0.602. The largest absolute Gasteiger partial charge is 0.358 e. The van der Waals surface area contributed by atoms with Crippen LogP contribution in [0.1, 0.15) is 13.8 Å². The van der Waals surface area contributed by atoms with Gasteiger partial charge in [0.2, 0.25) is 15.9 Å². The van der Waals surface area contributed by atoms with E-state index < -0.39 is 15.3 Å². The molecule has 1 amide bonds. The maximum Gasteiger partial charge on any atom is 0.235 e. The van der Waals surface area contributed by atoms with Crippen molar-refractivity contribution in [2.75, 3.05) is 26.7 Å². The highest BCUT2D eigenvalue weighted by Gasteiger charge is 2.27. The van der Waals surface area contributed by atoms with Crippen molar-refractivity contribution >= 4 is 15.9 Å². The summed E-state index contributed by atoms with van der Waals surface area (Å²) in [5.74, 6) is -0.329. The average molecular weight is 237 g/mol. The van der Waals surface area contributed by atoms with Gasteiger partial charge in [0.1, 0.15) is 0 Å². The molecule has 0 aliphatic heterocycles. The van der Waals surface area contributed by atoms with Crippen molar-refractivity contribution in [3.8, 4) is 0 Å². The van der Waals surface area contributed by atoms with Gasteiger partial charge in [0, 0.05) is 20.1 Å². The smallest absolute Gasteiger partial charge is 0.235 e. The summed E-state index contributed by atoms with van der Waals surface area (Å²) >= 11 is 0. The first-order chi connectivity index (χ1) is 6.89. The highest BCUT2D eigenvalue weighted by Crippen LogP contribution is 2.07. The molecule has 7 heteroatoms. The van der Waals surface area contributed by atoms with Crippen molar-refractivity contribution in [3.05, 3.63) is 0 Å². The zero-order chi connectivity index (χ0) is 12.1. The molecule has 0 rings (SSSR count). The van der Waals surface area contributed by atoms with Crippen LogP contribution >= 0.6 is 0 Å². The molecule has 0 radical (unpaired) electrons. The van der Waals surface area contributed by atoms with Gasteiger partial charge in [-0.15, -0.1) is 0 Å². The minimum Gasteiger partial charge on any atom is -0.358 e. The summed E-state index contributed by atoms with van der Waals surface area (Å²) in [5, 5.41) is 1.72. The summed E-state index contributed by atoms with van der Waals surface area (Å²) in [6.07, 6.45) is 0. The van der Waals surface area contributed by atoms with Crippen LogP contribution in [0, 0.1) is 0 Å². The first kappa shape index (κ1) is 14.3. The number of hydrogen-bond donors (Lipinski definition) is 2. The molecule has 0 spiro atoms. The van der Waals surface area contributed by atoms with E-state index in [2.05, 4.69) is 5.32 Å². The van der Waals surface area contributed by atoms with E-state index in [1.165, 1.54) is 14.0 Å². The van der Waals surface area contributed by atoms with Crippen LogP contribution in [0.15, 0.2) is 0 Å². The molecular weight excluding hydrogens is 218 g/mol. The van der Waals surface area contributed by atoms with E-state index in [4.69, 9.17) is 5.73 Å². The number of hydrogen-bond acceptors (Lipinski definition) is 4. The Morgan fingerprint density at radius 2 is 2.07 bits per heavy atom. The molecular formula is C8H19N3O3S.